The summed E-state index contributed by atoms with van der Waals surface area (Å²) in [5, 5.41) is 4.09. The summed E-state index contributed by atoms with van der Waals surface area (Å²) in [7, 11) is 2.60. The smallest absolute Gasteiger partial charge is 0.165 e. The molecule has 4 aromatic rings. The van der Waals surface area contributed by atoms with E-state index in [0.717, 1.165) is 53.4 Å². The second-order valence-corrected chi connectivity index (χ2v) is 13.1. The molecular formula is C27H32FN5O3S2. The van der Waals surface area contributed by atoms with E-state index in [-0.39, 0.29) is 17.3 Å². The Morgan fingerprint density at radius 3 is 2.63 bits per heavy atom. The van der Waals surface area contributed by atoms with Crippen LogP contribution in [0.4, 0.5) is 4.39 Å². The topological polar surface area (TPSA) is 80.6 Å². The monoisotopic (exact) mass is 557 g/mol. The molecule has 4 heterocycles. The lowest BCUT2D eigenvalue weighted by Gasteiger charge is -2.26. The average Bonchev–Trinajstić information content (AvgIpc) is 3.48. The first-order valence-electron chi connectivity index (χ1n) is 12.6. The molecule has 0 N–H and O–H groups in total. The first-order chi connectivity index (χ1) is 18.2. The van der Waals surface area contributed by atoms with Crippen molar-refractivity contribution in [3.05, 3.63) is 58.3 Å². The number of thiazole rings is 1. The van der Waals surface area contributed by atoms with Gasteiger partial charge in [0, 0.05) is 42.2 Å². The van der Waals surface area contributed by atoms with E-state index in [0.29, 0.717) is 24.3 Å². The van der Waals surface area contributed by atoms with E-state index in [1.54, 1.807) is 23.5 Å². The summed E-state index contributed by atoms with van der Waals surface area (Å²) in [4.78, 5) is 14.1. The zero-order chi connectivity index (χ0) is 26.9. The Kier molecular flexibility index (Phi) is 7.80. The summed E-state index contributed by atoms with van der Waals surface area (Å²) in [5.74, 6) is 1.06. The summed E-state index contributed by atoms with van der Waals surface area (Å²) in [6, 6.07) is 8.83. The Bertz CT molecular complexity index is 1530. The van der Waals surface area contributed by atoms with Crippen molar-refractivity contribution in [3.63, 3.8) is 0 Å². The van der Waals surface area contributed by atoms with E-state index in [9.17, 15) is 12.8 Å². The van der Waals surface area contributed by atoms with E-state index in [1.807, 2.05) is 36.2 Å². The number of halogens is 1. The maximum absolute atomic E-state index is 14.4. The van der Waals surface area contributed by atoms with Crippen LogP contribution in [0.2, 0.25) is 0 Å². The third-order valence-electron chi connectivity index (χ3n) is 6.78. The number of rotatable bonds is 9. The number of sulfone groups is 1. The van der Waals surface area contributed by atoms with E-state index in [2.05, 4.69) is 16.0 Å². The van der Waals surface area contributed by atoms with Crippen molar-refractivity contribution < 1.29 is 17.5 Å². The van der Waals surface area contributed by atoms with Gasteiger partial charge in [-0.15, -0.1) is 11.3 Å². The molecule has 0 bridgehead atoms. The summed E-state index contributed by atoms with van der Waals surface area (Å²) in [6.07, 6.45) is 3.85. The minimum absolute atomic E-state index is 0.197. The highest BCUT2D eigenvalue weighted by atomic mass is 32.2. The third kappa shape index (κ3) is 5.90. The van der Waals surface area contributed by atoms with Gasteiger partial charge in [-0.05, 0) is 69.4 Å². The van der Waals surface area contributed by atoms with Crippen molar-refractivity contribution in [2.45, 2.75) is 19.4 Å². The molecule has 1 aromatic carbocycles. The number of fused-ring (bicyclic) bond motifs is 1. The van der Waals surface area contributed by atoms with Crippen molar-refractivity contribution in [3.8, 4) is 22.8 Å². The fourth-order valence-corrected chi connectivity index (χ4v) is 6.92. The van der Waals surface area contributed by atoms with Gasteiger partial charge in [-0.25, -0.2) is 22.8 Å². The molecule has 38 heavy (non-hydrogen) atoms. The predicted octanol–water partition coefficient (Wildman–Crippen LogP) is 4.02. The first-order valence-corrected chi connectivity index (χ1v) is 15.3. The Hall–Kier alpha value is -2.86. The Labute approximate surface area is 226 Å². The molecule has 1 aliphatic rings. The van der Waals surface area contributed by atoms with Crippen LogP contribution in [-0.4, -0.2) is 85.1 Å². The van der Waals surface area contributed by atoms with Crippen LogP contribution in [0.5, 0.6) is 5.75 Å². The highest BCUT2D eigenvalue weighted by Gasteiger charge is 2.21. The maximum Gasteiger partial charge on any atom is 0.165 e. The van der Waals surface area contributed by atoms with Crippen molar-refractivity contribution >= 4 is 32.2 Å². The zero-order valence-electron chi connectivity index (χ0n) is 21.9. The number of pyridine rings is 1. The minimum atomic E-state index is -2.88. The van der Waals surface area contributed by atoms with Crippen molar-refractivity contribution in [2.24, 2.45) is 0 Å². The van der Waals surface area contributed by atoms with Crippen LogP contribution in [0.3, 0.4) is 0 Å². The van der Waals surface area contributed by atoms with Gasteiger partial charge in [-0.3, -0.25) is 4.57 Å². The summed E-state index contributed by atoms with van der Waals surface area (Å²) < 4.78 is 45.0. The van der Waals surface area contributed by atoms with Gasteiger partial charge < -0.3 is 14.5 Å². The van der Waals surface area contributed by atoms with Gasteiger partial charge in [-0.2, -0.15) is 0 Å². The van der Waals surface area contributed by atoms with Crippen LogP contribution in [0.1, 0.15) is 17.0 Å². The van der Waals surface area contributed by atoms with Gasteiger partial charge in [0.05, 0.1) is 24.3 Å². The standard InChI is InChI=1S/C27H32FN5O3S2/c1-31(2)17-26-30-25(18-37-26)33-16-20(5-4-10-32-11-13-38(34,35)14-12-32)21-7-8-23(29-27(21)33)19-6-9-24(36-3)22(28)15-19/h6-9,15-16,18H,4-5,10-14,17H2,1-3H3. The molecule has 8 nitrogen and oxygen atoms in total. The van der Waals surface area contributed by atoms with Crippen molar-refractivity contribution in [2.75, 3.05) is 52.3 Å². The van der Waals surface area contributed by atoms with Crippen LogP contribution in [0.15, 0.2) is 41.9 Å². The molecule has 0 atom stereocenters. The number of nitrogens with zero attached hydrogens (tertiary/aromatic N) is 5. The predicted molar refractivity (Wildman–Crippen MR) is 149 cm³/mol. The largest absolute Gasteiger partial charge is 0.494 e. The molecule has 0 radical (unpaired) electrons. The molecule has 1 saturated heterocycles. The molecule has 0 unspecified atom stereocenters. The second-order valence-electron chi connectivity index (χ2n) is 9.88. The van der Waals surface area contributed by atoms with Crippen LogP contribution >= 0.6 is 11.3 Å². The molecule has 0 amide bonds. The lowest BCUT2D eigenvalue weighted by atomic mass is 10.1. The zero-order valence-corrected chi connectivity index (χ0v) is 23.5. The summed E-state index contributed by atoms with van der Waals surface area (Å²) >= 11 is 1.61. The minimum Gasteiger partial charge on any atom is -0.494 e. The average molecular weight is 558 g/mol. The van der Waals surface area contributed by atoms with Crippen LogP contribution < -0.4 is 4.74 Å². The fourth-order valence-electron chi connectivity index (χ4n) is 4.75. The number of methoxy groups -OCH3 is 1. The SMILES string of the molecule is COc1ccc(-c2ccc3c(CCCN4CCS(=O)(=O)CC4)cn(-c4csc(CN(C)C)n4)c3n2)cc1F. The van der Waals surface area contributed by atoms with Gasteiger partial charge in [0.25, 0.3) is 0 Å². The van der Waals surface area contributed by atoms with Crippen molar-refractivity contribution in [1.29, 1.82) is 0 Å². The van der Waals surface area contributed by atoms with Gasteiger partial charge in [-0.1, -0.05) is 0 Å². The number of hydrogen-bond acceptors (Lipinski definition) is 8. The fraction of sp³-hybridized carbons (Fsp3) is 0.407. The molecule has 5 rings (SSSR count). The molecule has 0 saturated carbocycles. The van der Waals surface area contributed by atoms with Crippen LogP contribution in [0, 0.1) is 5.82 Å². The lowest BCUT2D eigenvalue weighted by molar-refractivity contribution is 0.292. The van der Waals surface area contributed by atoms with E-state index >= 15 is 0 Å². The van der Waals surface area contributed by atoms with Gasteiger partial charge >= 0.3 is 0 Å². The molecule has 1 aliphatic heterocycles. The Morgan fingerprint density at radius 1 is 1.13 bits per heavy atom. The number of ether oxygens (including phenoxy) is 1. The van der Waals surface area contributed by atoms with E-state index in [4.69, 9.17) is 14.7 Å². The molecule has 1 fully saturated rings. The maximum atomic E-state index is 14.4. The number of benzene rings is 1. The first kappa shape index (κ1) is 26.7. The highest BCUT2D eigenvalue weighted by Crippen LogP contribution is 2.30. The number of aryl methyl sites for hydroxylation is 1. The van der Waals surface area contributed by atoms with Gasteiger partial charge in [0.15, 0.2) is 21.4 Å². The Morgan fingerprint density at radius 2 is 1.92 bits per heavy atom. The quantitative estimate of drug-likeness (QED) is 0.308. The molecule has 11 heteroatoms. The van der Waals surface area contributed by atoms with Gasteiger partial charge in [0.1, 0.15) is 16.5 Å². The summed E-state index contributed by atoms with van der Waals surface area (Å²) in [5.41, 5.74) is 3.28. The third-order valence-corrected chi connectivity index (χ3v) is 9.21. The second kappa shape index (κ2) is 11.1. The van der Waals surface area contributed by atoms with Crippen molar-refractivity contribution in [1.82, 2.24) is 24.3 Å². The van der Waals surface area contributed by atoms with E-state index < -0.39 is 15.7 Å². The molecule has 0 spiro atoms. The molecule has 3 aromatic heterocycles. The molecular weight excluding hydrogens is 525 g/mol. The summed E-state index contributed by atoms with van der Waals surface area (Å²) in [6.45, 7) is 2.80. The van der Waals surface area contributed by atoms with Crippen LogP contribution in [-0.2, 0) is 22.8 Å². The molecule has 0 aliphatic carbocycles. The van der Waals surface area contributed by atoms with Gasteiger partial charge in [0.2, 0.25) is 0 Å². The number of aromatic nitrogens is 3. The van der Waals surface area contributed by atoms with Crippen LogP contribution in [0.25, 0.3) is 28.1 Å². The lowest BCUT2D eigenvalue weighted by Crippen LogP contribution is -2.40. The highest BCUT2D eigenvalue weighted by molar-refractivity contribution is 7.91. The van der Waals surface area contributed by atoms with E-state index in [1.165, 1.54) is 13.2 Å². The number of hydrogen-bond donors (Lipinski definition) is 0. The Balaban J connectivity index is 1.45. The normalized spacial score (nSPS) is 15.9. The molecule has 202 valence electrons.